The number of nitrogens with zero attached hydrogens (tertiary/aromatic N) is 2. The minimum atomic E-state index is 0.934. The lowest BCUT2D eigenvalue weighted by molar-refractivity contribution is 1.11. The molecule has 0 N–H and O–H groups in total. The molecule has 0 spiro atoms. The van der Waals surface area contributed by atoms with E-state index in [2.05, 4.69) is 223 Å². The van der Waals surface area contributed by atoms with Crippen LogP contribution in [0.5, 0.6) is 0 Å². The average Bonchev–Trinajstić information content (AvgIpc) is 3.69. The summed E-state index contributed by atoms with van der Waals surface area (Å²) in [5, 5.41) is 12.3. The minimum absolute atomic E-state index is 0.934. The van der Waals surface area contributed by atoms with Crippen LogP contribution in [-0.4, -0.2) is 9.55 Å². The van der Waals surface area contributed by atoms with Crippen LogP contribution in [0.1, 0.15) is 0 Å². The fraction of sp³-hybridized carbons (Fsp3) is 0. The van der Waals surface area contributed by atoms with Gasteiger partial charge in [-0.15, -0.1) is 0 Å². The van der Waals surface area contributed by atoms with E-state index in [-0.39, 0.29) is 0 Å². The predicted molar refractivity (Wildman–Crippen MR) is 250 cm³/mol. The Labute approximate surface area is 341 Å². The summed E-state index contributed by atoms with van der Waals surface area (Å²) in [6.45, 7) is 0. The van der Waals surface area contributed by atoms with Crippen molar-refractivity contribution in [3.05, 3.63) is 218 Å². The summed E-state index contributed by atoms with van der Waals surface area (Å²) in [5.74, 6) is 0.934. The molecular formula is C57H36N2. The molecule has 0 atom stereocenters. The molecular weight excluding hydrogens is 713 g/mol. The van der Waals surface area contributed by atoms with E-state index >= 15 is 0 Å². The largest absolute Gasteiger partial charge is 0.292 e. The molecule has 0 aliphatic carbocycles. The maximum Gasteiger partial charge on any atom is 0.146 e. The molecule has 12 rings (SSSR count). The summed E-state index contributed by atoms with van der Waals surface area (Å²) in [6, 6.07) is 79.6. The molecule has 0 saturated heterocycles. The summed E-state index contributed by atoms with van der Waals surface area (Å²) in [7, 11) is 0. The molecule has 2 heteroatoms. The highest BCUT2D eigenvalue weighted by Crippen LogP contribution is 2.47. The van der Waals surface area contributed by atoms with Gasteiger partial charge in [0.15, 0.2) is 0 Å². The zero-order chi connectivity index (χ0) is 38.9. The Hall–Kier alpha value is -7.81. The molecule has 0 unspecified atom stereocenters. The van der Waals surface area contributed by atoms with Crippen molar-refractivity contribution in [2.75, 3.05) is 0 Å². The van der Waals surface area contributed by atoms with Crippen molar-refractivity contribution in [1.29, 1.82) is 0 Å². The average molecular weight is 749 g/mol. The van der Waals surface area contributed by atoms with Gasteiger partial charge in [0, 0.05) is 11.3 Å². The molecule has 0 radical (unpaired) electrons. The number of para-hydroxylation sites is 3. The molecule has 0 fully saturated rings. The second-order valence-electron chi connectivity index (χ2n) is 15.5. The van der Waals surface area contributed by atoms with Gasteiger partial charge in [0.2, 0.25) is 0 Å². The third kappa shape index (κ3) is 5.38. The van der Waals surface area contributed by atoms with E-state index in [1.807, 2.05) is 0 Å². The van der Waals surface area contributed by atoms with Crippen molar-refractivity contribution >= 4 is 64.9 Å². The zero-order valence-electron chi connectivity index (χ0n) is 32.2. The van der Waals surface area contributed by atoms with Crippen LogP contribution in [0.2, 0.25) is 0 Å². The fourth-order valence-electron chi connectivity index (χ4n) is 9.45. The number of rotatable bonds is 5. The van der Waals surface area contributed by atoms with Crippen LogP contribution < -0.4 is 0 Å². The van der Waals surface area contributed by atoms with Gasteiger partial charge < -0.3 is 0 Å². The van der Waals surface area contributed by atoms with E-state index in [9.17, 15) is 0 Å². The molecule has 274 valence electrons. The van der Waals surface area contributed by atoms with Gasteiger partial charge in [-0.1, -0.05) is 170 Å². The fourth-order valence-corrected chi connectivity index (χ4v) is 9.45. The minimum Gasteiger partial charge on any atom is -0.292 e. The van der Waals surface area contributed by atoms with Gasteiger partial charge in [0.05, 0.1) is 11.0 Å². The third-order valence-corrected chi connectivity index (χ3v) is 12.2. The number of fused-ring (bicyclic) bond motifs is 6. The van der Waals surface area contributed by atoms with E-state index in [1.165, 1.54) is 87.2 Å². The lowest BCUT2D eigenvalue weighted by Gasteiger charge is -2.20. The van der Waals surface area contributed by atoms with Crippen molar-refractivity contribution in [3.8, 4) is 50.5 Å². The SMILES string of the molecule is c1ccc(-n2c(-c3ccc(-c4ccc5c(-c6ccc7ccccc7c6)c6ccccc6c(-c6ccc7ccccc7c6)c5c4)c4ccccc34)nc3ccccc32)cc1. The number of hydrogen-bond donors (Lipinski definition) is 0. The van der Waals surface area contributed by atoms with E-state index < -0.39 is 0 Å². The topological polar surface area (TPSA) is 17.8 Å². The first-order chi connectivity index (χ1) is 29.3. The normalized spacial score (nSPS) is 11.7. The molecule has 0 saturated carbocycles. The highest BCUT2D eigenvalue weighted by atomic mass is 15.1. The Kier molecular flexibility index (Phi) is 7.57. The summed E-state index contributed by atoms with van der Waals surface area (Å²) >= 11 is 0. The summed E-state index contributed by atoms with van der Waals surface area (Å²) < 4.78 is 2.29. The van der Waals surface area contributed by atoms with Crippen molar-refractivity contribution in [3.63, 3.8) is 0 Å². The Morgan fingerprint density at radius 2 is 0.797 bits per heavy atom. The maximum absolute atomic E-state index is 5.27. The monoisotopic (exact) mass is 748 g/mol. The quantitative estimate of drug-likeness (QED) is 0.160. The van der Waals surface area contributed by atoms with Gasteiger partial charge >= 0.3 is 0 Å². The van der Waals surface area contributed by atoms with Gasteiger partial charge in [0.1, 0.15) is 5.82 Å². The third-order valence-electron chi connectivity index (χ3n) is 12.2. The molecule has 12 aromatic rings. The van der Waals surface area contributed by atoms with Crippen molar-refractivity contribution in [2.45, 2.75) is 0 Å². The number of imidazole rings is 1. The van der Waals surface area contributed by atoms with Crippen molar-refractivity contribution < 1.29 is 0 Å². The first-order valence-corrected chi connectivity index (χ1v) is 20.3. The van der Waals surface area contributed by atoms with Gasteiger partial charge in [-0.2, -0.15) is 0 Å². The van der Waals surface area contributed by atoms with Gasteiger partial charge in [0.25, 0.3) is 0 Å². The van der Waals surface area contributed by atoms with Crippen LogP contribution in [0.3, 0.4) is 0 Å². The summed E-state index contributed by atoms with van der Waals surface area (Å²) in [5.41, 5.74) is 11.6. The molecule has 1 aromatic heterocycles. The lowest BCUT2D eigenvalue weighted by Crippen LogP contribution is -1.98. The highest BCUT2D eigenvalue weighted by molar-refractivity contribution is 6.23. The van der Waals surface area contributed by atoms with Crippen molar-refractivity contribution in [2.24, 2.45) is 0 Å². The van der Waals surface area contributed by atoms with Gasteiger partial charge in [-0.25, -0.2) is 4.98 Å². The molecule has 0 bridgehead atoms. The summed E-state index contributed by atoms with van der Waals surface area (Å²) in [6.07, 6.45) is 0. The zero-order valence-corrected chi connectivity index (χ0v) is 32.2. The van der Waals surface area contributed by atoms with E-state index in [0.29, 0.717) is 0 Å². The first kappa shape index (κ1) is 33.3. The van der Waals surface area contributed by atoms with Gasteiger partial charge in [-0.3, -0.25) is 4.57 Å². The van der Waals surface area contributed by atoms with E-state index in [4.69, 9.17) is 4.98 Å². The first-order valence-electron chi connectivity index (χ1n) is 20.3. The second kappa shape index (κ2) is 13.4. The molecule has 2 nitrogen and oxygen atoms in total. The number of benzene rings is 11. The molecule has 0 aliphatic heterocycles. The number of hydrogen-bond acceptors (Lipinski definition) is 1. The smallest absolute Gasteiger partial charge is 0.146 e. The molecule has 11 aromatic carbocycles. The lowest BCUT2D eigenvalue weighted by atomic mass is 9.83. The van der Waals surface area contributed by atoms with E-state index in [1.54, 1.807) is 0 Å². The highest BCUT2D eigenvalue weighted by Gasteiger charge is 2.21. The Morgan fingerprint density at radius 1 is 0.305 bits per heavy atom. The summed E-state index contributed by atoms with van der Waals surface area (Å²) in [4.78, 5) is 5.27. The Balaban J connectivity index is 1.13. The molecule has 0 aliphatic rings. The maximum atomic E-state index is 5.27. The van der Waals surface area contributed by atoms with Gasteiger partial charge in [-0.05, 0) is 136 Å². The predicted octanol–water partition coefficient (Wildman–Crippen LogP) is 15.5. The molecule has 1 heterocycles. The number of aromatic nitrogens is 2. The van der Waals surface area contributed by atoms with Crippen LogP contribution in [0.4, 0.5) is 0 Å². The van der Waals surface area contributed by atoms with Crippen LogP contribution >= 0.6 is 0 Å². The second-order valence-corrected chi connectivity index (χ2v) is 15.5. The molecule has 0 amide bonds. The standard InChI is InChI=1S/C57H36N2/c1-2-18-44(19-3-1)59-54-25-13-12-24-53(54)58-57(59)51-33-32-45(46-20-8-9-21-47(46)51)41-30-31-50-52(36-41)56(43-29-27-38-15-5-7-17-40(38)35-43)49-23-11-10-22-48(49)55(50)42-28-26-37-14-4-6-16-39(37)34-42/h1-36H. The van der Waals surface area contributed by atoms with Crippen LogP contribution in [0.15, 0.2) is 218 Å². The molecule has 59 heavy (non-hydrogen) atoms. The van der Waals surface area contributed by atoms with E-state index in [0.717, 1.165) is 28.1 Å². The Bertz CT molecular complexity index is 3610. The van der Waals surface area contributed by atoms with Crippen LogP contribution in [0, 0.1) is 0 Å². The van der Waals surface area contributed by atoms with Crippen molar-refractivity contribution in [1.82, 2.24) is 9.55 Å². The van der Waals surface area contributed by atoms with Crippen LogP contribution in [0.25, 0.3) is 115 Å². The Morgan fingerprint density at radius 3 is 1.47 bits per heavy atom. The van der Waals surface area contributed by atoms with Crippen LogP contribution in [-0.2, 0) is 0 Å².